The standard InChI is InChI=1S/C19H13Cl2NO/c20-14-8-6-13(7-9-14)19-22-18-16(12-4-2-1-3-5-12)10-15(21)11-17(18)23-19/h1-11,19,22H. The Hall–Kier alpha value is -2.16. The van der Waals surface area contributed by atoms with Crippen LogP contribution in [0.25, 0.3) is 11.1 Å². The van der Waals surface area contributed by atoms with E-state index in [-0.39, 0.29) is 6.23 Å². The fourth-order valence-corrected chi connectivity index (χ4v) is 3.08. The van der Waals surface area contributed by atoms with Gasteiger partial charge < -0.3 is 10.1 Å². The summed E-state index contributed by atoms with van der Waals surface area (Å²) in [5, 5.41) is 4.80. The van der Waals surface area contributed by atoms with Gasteiger partial charge in [-0.1, -0.05) is 65.7 Å². The first kappa shape index (κ1) is 14.4. The molecule has 4 rings (SSSR count). The molecule has 114 valence electrons. The van der Waals surface area contributed by atoms with Crippen molar-refractivity contribution in [3.8, 4) is 16.9 Å². The molecule has 0 amide bonds. The molecule has 0 saturated carbocycles. The van der Waals surface area contributed by atoms with Crippen LogP contribution < -0.4 is 10.1 Å². The lowest BCUT2D eigenvalue weighted by Gasteiger charge is -2.12. The molecule has 0 aliphatic carbocycles. The van der Waals surface area contributed by atoms with Crippen LogP contribution in [0.15, 0.2) is 66.7 Å². The van der Waals surface area contributed by atoms with Crippen molar-refractivity contribution in [1.82, 2.24) is 0 Å². The number of hydrogen-bond acceptors (Lipinski definition) is 2. The van der Waals surface area contributed by atoms with Crippen molar-refractivity contribution >= 4 is 28.9 Å². The highest BCUT2D eigenvalue weighted by Crippen LogP contribution is 2.46. The number of anilines is 1. The van der Waals surface area contributed by atoms with E-state index in [1.54, 1.807) is 0 Å². The average molecular weight is 342 g/mol. The lowest BCUT2D eigenvalue weighted by atomic mass is 10.0. The minimum Gasteiger partial charge on any atom is -0.464 e. The van der Waals surface area contributed by atoms with E-state index >= 15 is 0 Å². The Morgan fingerprint density at radius 3 is 2.30 bits per heavy atom. The molecule has 0 saturated heterocycles. The summed E-state index contributed by atoms with van der Waals surface area (Å²) >= 11 is 12.2. The summed E-state index contributed by atoms with van der Waals surface area (Å²) < 4.78 is 6.04. The molecule has 0 radical (unpaired) electrons. The van der Waals surface area contributed by atoms with Gasteiger partial charge in [-0.05, 0) is 23.8 Å². The van der Waals surface area contributed by atoms with Crippen LogP contribution in [0.1, 0.15) is 11.8 Å². The van der Waals surface area contributed by atoms with Gasteiger partial charge in [0.1, 0.15) is 5.75 Å². The normalized spacial score (nSPS) is 15.7. The molecule has 23 heavy (non-hydrogen) atoms. The summed E-state index contributed by atoms with van der Waals surface area (Å²) in [7, 11) is 0. The third kappa shape index (κ3) is 2.76. The van der Waals surface area contributed by atoms with Crippen LogP contribution in [0.3, 0.4) is 0 Å². The molecule has 1 N–H and O–H groups in total. The molecule has 1 atom stereocenters. The largest absolute Gasteiger partial charge is 0.464 e. The highest BCUT2D eigenvalue weighted by Gasteiger charge is 2.26. The minimum absolute atomic E-state index is 0.247. The molecule has 0 spiro atoms. The van der Waals surface area contributed by atoms with Gasteiger partial charge in [0.15, 0.2) is 6.23 Å². The Kier molecular flexibility index (Phi) is 3.64. The van der Waals surface area contributed by atoms with Crippen molar-refractivity contribution < 1.29 is 4.74 Å². The first-order valence-corrected chi connectivity index (χ1v) is 8.04. The summed E-state index contributed by atoms with van der Waals surface area (Å²) in [5.41, 5.74) is 4.10. The van der Waals surface area contributed by atoms with Crippen molar-refractivity contribution in [3.05, 3.63) is 82.3 Å². The molecule has 0 aromatic heterocycles. The van der Waals surface area contributed by atoms with Gasteiger partial charge in [0.05, 0.1) is 5.69 Å². The Morgan fingerprint density at radius 1 is 0.826 bits per heavy atom. The van der Waals surface area contributed by atoms with Gasteiger partial charge in [-0.2, -0.15) is 0 Å². The Balaban J connectivity index is 1.75. The first-order chi connectivity index (χ1) is 11.2. The van der Waals surface area contributed by atoms with Crippen LogP contribution in [-0.4, -0.2) is 0 Å². The minimum atomic E-state index is -0.247. The number of ether oxygens (including phenoxy) is 1. The summed E-state index contributed by atoms with van der Waals surface area (Å²) in [6.45, 7) is 0. The van der Waals surface area contributed by atoms with Gasteiger partial charge in [0, 0.05) is 27.2 Å². The third-order valence-electron chi connectivity index (χ3n) is 3.84. The van der Waals surface area contributed by atoms with Crippen molar-refractivity contribution in [2.75, 3.05) is 5.32 Å². The second-order valence-electron chi connectivity index (χ2n) is 5.39. The number of fused-ring (bicyclic) bond motifs is 1. The molecule has 1 unspecified atom stereocenters. The summed E-state index contributed by atoms with van der Waals surface area (Å²) in [5.74, 6) is 0.760. The average Bonchev–Trinajstić information content (AvgIpc) is 2.99. The summed E-state index contributed by atoms with van der Waals surface area (Å²) in [6, 6.07) is 21.5. The third-order valence-corrected chi connectivity index (χ3v) is 4.31. The second kappa shape index (κ2) is 5.80. The van der Waals surface area contributed by atoms with E-state index in [9.17, 15) is 0 Å². The van der Waals surface area contributed by atoms with Gasteiger partial charge >= 0.3 is 0 Å². The van der Waals surface area contributed by atoms with Crippen LogP contribution >= 0.6 is 23.2 Å². The molecule has 1 aliphatic rings. The van der Waals surface area contributed by atoms with Crippen LogP contribution in [0.5, 0.6) is 5.75 Å². The smallest absolute Gasteiger partial charge is 0.196 e. The molecule has 1 heterocycles. The van der Waals surface area contributed by atoms with Crippen LogP contribution in [0, 0.1) is 0 Å². The zero-order valence-corrected chi connectivity index (χ0v) is 13.6. The van der Waals surface area contributed by atoms with Crippen molar-refractivity contribution in [2.24, 2.45) is 0 Å². The Bertz CT molecular complexity index is 847. The number of nitrogens with one attached hydrogen (secondary N) is 1. The SMILES string of the molecule is Clc1ccc(C2Nc3c(cc(Cl)cc3-c3ccccc3)O2)cc1. The van der Waals surface area contributed by atoms with E-state index in [0.717, 1.165) is 28.1 Å². The first-order valence-electron chi connectivity index (χ1n) is 7.28. The van der Waals surface area contributed by atoms with Gasteiger partial charge in [-0.3, -0.25) is 0 Å². The molecule has 3 aromatic rings. The van der Waals surface area contributed by atoms with E-state index < -0.39 is 0 Å². The summed E-state index contributed by atoms with van der Waals surface area (Å²) in [6.07, 6.45) is -0.247. The Morgan fingerprint density at radius 2 is 1.57 bits per heavy atom. The fraction of sp³-hybridized carbons (Fsp3) is 0.0526. The van der Waals surface area contributed by atoms with Gasteiger partial charge in [0.2, 0.25) is 0 Å². The molecule has 2 nitrogen and oxygen atoms in total. The van der Waals surface area contributed by atoms with E-state index in [2.05, 4.69) is 17.4 Å². The predicted molar refractivity (Wildman–Crippen MR) is 95.3 cm³/mol. The van der Waals surface area contributed by atoms with Crippen LogP contribution in [0.2, 0.25) is 10.0 Å². The van der Waals surface area contributed by atoms with Gasteiger partial charge in [-0.25, -0.2) is 0 Å². The molecular formula is C19H13Cl2NO. The monoisotopic (exact) mass is 341 g/mol. The predicted octanol–water partition coefficient (Wildman–Crippen LogP) is 6.16. The maximum Gasteiger partial charge on any atom is 0.196 e. The van der Waals surface area contributed by atoms with Gasteiger partial charge in [0.25, 0.3) is 0 Å². The lowest BCUT2D eigenvalue weighted by molar-refractivity contribution is 0.260. The van der Waals surface area contributed by atoms with E-state index in [0.29, 0.717) is 10.0 Å². The quantitative estimate of drug-likeness (QED) is 0.602. The van der Waals surface area contributed by atoms with E-state index in [4.69, 9.17) is 27.9 Å². The molecule has 1 aliphatic heterocycles. The van der Waals surface area contributed by atoms with Crippen LogP contribution in [0.4, 0.5) is 5.69 Å². The number of hydrogen-bond donors (Lipinski definition) is 1. The number of halogens is 2. The highest BCUT2D eigenvalue weighted by molar-refractivity contribution is 6.31. The number of rotatable bonds is 2. The molecular weight excluding hydrogens is 329 g/mol. The molecule has 0 bridgehead atoms. The Labute approximate surface area is 144 Å². The highest BCUT2D eigenvalue weighted by atomic mass is 35.5. The molecule has 3 aromatic carbocycles. The lowest BCUT2D eigenvalue weighted by Crippen LogP contribution is -2.09. The van der Waals surface area contributed by atoms with Crippen molar-refractivity contribution in [3.63, 3.8) is 0 Å². The van der Waals surface area contributed by atoms with Gasteiger partial charge in [-0.15, -0.1) is 0 Å². The zero-order valence-electron chi connectivity index (χ0n) is 12.1. The number of benzene rings is 3. The topological polar surface area (TPSA) is 21.3 Å². The maximum atomic E-state index is 6.27. The van der Waals surface area contributed by atoms with E-state index in [1.165, 1.54) is 0 Å². The van der Waals surface area contributed by atoms with Crippen LogP contribution in [-0.2, 0) is 0 Å². The fourth-order valence-electron chi connectivity index (χ4n) is 2.75. The molecule has 0 fully saturated rings. The maximum absolute atomic E-state index is 6.27. The zero-order chi connectivity index (χ0) is 15.8. The van der Waals surface area contributed by atoms with E-state index in [1.807, 2.05) is 54.6 Å². The van der Waals surface area contributed by atoms with Crippen molar-refractivity contribution in [1.29, 1.82) is 0 Å². The summed E-state index contributed by atoms with van der Waals surface area (Å²) in [4.78, 5) is 0. The van der Waals surface area contributed by atoms with Crippen molar-refractivity contribution in [2.45, 2.75) is 6.23 Å². The second-order valence-corrected chi connectivity index (χ2v) is 6.26. The molecule has 4 heteroatoms.